The maximum atomic E-state index is 12.3. The van der Waals surface area contributed by atoms with Crippen LogP contribution in [0.15, 0.2) is 12.1 Å². The number of carbonyl (C=O) groups excluding carboxylic acids is 1. The van der Waals surface area contributed by atoms with E-state index in [9.17, 15) is 13.2 Å². The van der Waals surface area contributed by atoms with Crippen molar-refractivity contribution in [2.45, 2.75) is 12.5 Å². The molecule has 0 aromatic heterocycles. The van der Waals surface area contributed by atoms with E-state index in [1.165, 1.54) is 20.3 Å². The molecule has 0 bridgehead atoms. The zero-order valence-corrected chi connectivity index (χ0v) is 12.7. The van der Waals surface area contributed by atoms with Gasteiger partial charge in [0.25, 0.3) is 5.91 Å². The number of nitrogens with two attached hydrogens (primary N) is 1. The van der Waals surface area contributed by atoms with Gasteiger partial charge in [-0.15, -0.1) is 0 Å². The number of sulfone groups is 1. The van der Waals surface area contributed by atoms with Gasteiger partial charge >= 0.3 is 0 Å². The summed E-state index contributed by atoms with van der Waals surface area (Å²) in [5.41, 5.74) is 6.28. The molecule has 116 valence electrons. The second-order valence-corrected chi connectivity index (χ2v) is 7.09. The molecular weight excluding hydrogens is 296 g/mol. The van der Waals surface area contributed by atoms with Crippen LogP contribution < -0.4 is 20.5 Å². The fourth-order valence-electron chi connectivity index (χ4n) is 2.25. The molecule has 2 rings (SSSR count). The van der Waals surface area contributed by atoms with Crippen LogP contribution in [0.5, 0.6) is 11.5 Å². The zero-order valence-electron chi connectivity index (χ0n) is 11.9. The minimum absolute atomic E-state index is 0.0419. The van der Waals surface area contributed by atoms with E-state index in [0.29, 0.717) is 17.9 Å². The van der Waals surface area contributed by atoms with Gasteiger partial charge in [0.1, 0.15) is 11.5 Å². The lowest BCUT2D eigenvalue weighted by atomic mass is 10.1. The Kier molecular flexibility index (Phi) is 4.26. The van der Waals surface area contributed by atoms with E-state index in [0.717, 1.165) is 0 Å². The third-order valence-electron chi connectivity index (χ3n) is 3.38. The molecule has 1 fully saturated rings. The van der Waals surface area contributed by atoms with Crippen molar-refractivity contribution >= 4 is 21.4 Å². The number of benzene rings is 1. The summed E-state index contributed by atoms with van der Waals surface area (Å²) in [6.45, 7) is 0. The van der Waals surface area contributed by atoms with Crippen molar-refractivity contribution in [3.63, 3.8) is 0 Å². The van der Waals surface area contributed by atoms with E-state index in [4.69, 9.17) is 15.2 Å². The molecule has 1 aromatic carbocycles. The molecule has 1 saturated heterocycles. The molecule has 7 nitrogen and oxygen atoms in total. The third kappa shape index (κ3) is 3.38. The first-order chi connectivity index (χ1) is 9.86. The Morgan fingerprint density at radius 2 is 2.05 bits per heavy atom. The molecule has 1 heterocycles. The molecule has 1 aliphatic rings. The molecule has 1 amide bonds. The third-order valence-corrected chi connectivity index (χ3v) is 5.15. The SMILES string of the molecule is COc1cc(OC)c(N)c(C(=O)NC2CCS(=O)(=O)C2)c1. The molecule has 0 spiro atoms. The topological polar surface area (TPSA) is 108 Å². The summed E-state index contributed by atoms with van der Waals surface area (Å²) in [7, 11) is -0.145. The molecule has 0 saturated carbocycles. The van der Waals surface area contributed by atoms with Crippen molar-refractivity contribution < 1.29 is 22.7 Å². The van der Waals surface area contributed by atoms with Crippen LogP contribution in [0.2, 0.25) is 0 Å². The molecule has 1 aromatic rings. The van der Waals surface area contributed by atoms with Crippen molar-refractivity contribution in [2.24, 2.45) is 0 Å². The number of ether oxygens (including phenoxy) is 2. The highest BCUT2D eigenvalue weighted by atomic mass is 32.2. The number of rotatable bonds is 4. The predicted octanol–water partition coefficient (Wildman–Crippen LogP) is 0.203. The lowest BCUT2D eigenvalue weighted by Crippen LogP contribution is -2.36. The summed E-state index contributed by atoms with van der Waals surface area (Å²) < 4.78 is 33.0. The van der Waals surface area contributed by atoms with Gasteiger partial charge in [0.15, 0.2) is 9.84 Å². The van der Waals surface area contributed by atoms with Crippen LogP contribution in [-0.2, 0) is 9.84 Å². The Morgan fingerprint density at radius 1 is 1.33 bits per heavy atom. The molecule has 1 unspecified atom stereocenters. The van der Waals surface area contributed by atoms with Crippen molar-refractivity contribution in [1.82, 2.24) is 5.32 Å². The predicted molar refractivity (Wildman–Crippen MR) is 78.5 cm³/mol. The average Bonchev–Trinajstić information content (AvgIpc) is 2.78. The molecule has 0 radical (unpaired) electrons. The quantitative estimate of drug-likeness (QED) is 0.769. The first-order valence-corrected chi connectivity index (χ1v) is 8.21. The van der Waals surface area contributed by atoms with Crippen LogP contribution in [0.4, 0.5) is 5.69 Å². The standard InChI is InChI=1S/C13H18N2O5S/c1-19-9-5-10(12(14)11(6-9)20-2)13(16)15-8-3-4-21(17,18)7-8/h5-6,8H,3-4,7,14H2,1-2H3,(H,15,16). The number of nitrogens with one attached hydrogen (secondary N) is 1. The van der Waals surface area contributed by atoms with Gasteiger partial charge in [-0.1, -0.05) is 0 Å². The fourth-order valence-corrected chi connectivity index (χ4v) is 3.92. The van der Waals surface area contributed by atoms with Crippen molar-refractivity contribution in [3.8, 4) is 11.5 Å². The number of hydrogen-bond donors (Lipinski definition) is 2. The summed E-state index contributed by atoms with van der Waals surface area (Å²) in [6, 6.07) is 2.68. The second-order valence-electron chi connectivity index (χ2n) is 4.86. The highest BCUT2D eigenvalue weighted by Crippen LogP contribution is 2.31. The van der Waals surface area contributed by atoms with Gasteiger partial charge < -0.3 is 20.5 Å². The number of methoxy groups -OCH3 is 2. The van der Waals surface area contributed by atoms with E-state index < -0.39 is 15.7 Å². The molecule has 8 heteroatoms. The van der Waals surface area contributed by atoms with Crippen LogP contribution in [0.3, 0.4) is 0 Å². The van der Waals surface area contributed by atoms with Crippen molar-refractivity contribution in [3.05, 3.63) is 17.7 Å². The molecule has 1 atom stereocenters. The minimum Gasteiger partial charge on any atom is -0.497 e. The largest absolute Gasteiger partial charge is 0.497 e. The van der Waals surface area contributed by atoms with Gasteiger partial charge in [0, 0.05) is 12.1 Å². The Morgan fingerprint density at radius 3 is 2.57 bits per heavy atom. The summed E-state index contributed by atoms with van der Waals surface area (Å²) >= 11 is 0. The molecule has 21 heavy (non-hydrogen) atoms. The smallest absolute Gasteiger partial charge is 0.253 e. The number of anilines is 1. The van der Waals surface area contributed by atoms with E-state index in [2.05, 4.69) is 5.32 Å². The van der Waals surface area contributed by atoms with Gasteiger partial charge in [0.2, 0.25) is 0 Å². The maximum absolute atomic E-state index is 12.3. The van der Waals surface area contributed by atoms with Crippen LogP contribution in [0, 0.1) is 0 Å². The number of hydrogen-bond acceptors (Lipinski definition) is 6. The Hall–Kier alpha value is -1.96. The number of nitrogen functional groups attached to an aromatic ring is 1. The van der Waals surface area contributed by atoms with Crippen LogP contribution >= 0.6 is 0 Å². The van der Waals surface area contributed by atoms with Gasteiger partial charge in [0.05, 0.1) is 37.0 Å². The van der Waals surface area contributed by atoms with E-state index >= 15 is 0 Å². The first-order valence-electron chi connectivity index (χ1n) is 6.39. The van der Waals surface area contributed by atoms with Crippen molar-refractivity contribution in [2.75, 3.05) is 31.5 Å². The summed E-state index contributed by atoms with van der Waals surface area (Å²) in [4.78, 5) is 12.3. The highest BCUT2D eigenvalue weighted by molar-refractivity contribution is 7.91. The lowest BCUT2D eigenvalue weighted by molar-refractivity contribution is 0.0941. The van der Waals surface area contributed by atoms with Crippen LogP contribution in [0.25, 0.3) is 0 Å². The van der Waals surface area contributed by atoms with Gasteiger partial charge in [-0.25, -0.2) is 8.42 Å². The number of amides is 1. The molecule has 0 aliphatic carbocycles. The average molecular weight is 314 g/mol. The highest BCUT2D eigenvalue weighted by Gasteiger charge is 2.29. The second kappa shape index (κ2) is 5.80. The maximum Gasteiger partial charge on any atom is 0.253 e. The molecule has 3 N–H and O–H groups in total. The van der Waals surface area contributed by atoms with Gasteiger partial charge in [-0.05, 0) is 12.5 Å². The van der Waals surface area contributed by atoms with Crippen LogP contribution in [0.1, 0.15) is 16.8 Å². The Bertz CT molecular complexity index is 657. The zero-order chi connectivity index (χ0) is 15.6. The summed E-state index contributed by atoms with van der Waals surface area (Å²) in [5, 5.41) is 2.69. The van der Waals surface area contributed by atoms with Crippen LogP contribution in [-0.4, -0.2) is 46.1 Å². The monoisotopic (exact) mass is 314 g/mol. The fraction of sp³-hybridized carbons (Fsp3) is 0.462. The number of carbonyl (C=O) groups is 1. The molecule has 1 aliphatic heterocycles. The summed E-state index contributed by atoms with van der Waals surface area (Å²) in [6.07, 6.45) is 0.412. The minimum atomic E-state index is -3.05. The molecular formula is C13H18N2O5S. The Balaban J connectivity index is 2.23. The van der Waals surface area contributed by atoms with E-state index in [1.807, 2.05) is 0 Å². The Labute approximate surface area is 123 Å². The van der Waals surface area contributed by atoms with Gasteiger partial charge in [-0.3, -0.25) is 4.79 Å². The van der Waals surface area contributed by atoms with Gasteiger partial charge in [-0.2, -0.15) is 0 Å². The van der Waals surface area contributed by atoms with Crippen molar-refractivity contribution in [1.29, 1.82) is 0 Å². The normalized spacial score (nSPS) is 20.0. The van der Waals surface area contributed by atoms with E-state index in [-0.39, 0.29) is 28.8 Å². The summed E-state index contributed by atoms with van der Waals surface area (Å²) in [5.74, 6) is 0.379. The first kappa shape index (κ1) is 15.4. The lowest BCUT2D eigenvalue weighted by Gasteiger charge is -2.15. The van der Waals surface area contributed by atoms with E-state index in [1.54, 1.807) is 6.07 Å².